The molecule has 1 fully saturated rings. The summed E-state index contributed by atoms with van der Waals surface area (Å²) in [5.41, 5.74) is 2.43. The van der Waals surface area contributed by atoms with Gasteiger partial charge in [-0.1, -0.05) is 87.5 Å². The topological polar surface area (TPSA) is 81.1 Å². The van der Waals surface area contributed by atoms with Gasteiger partial charge >= 0.3 is 0 Å². The quantitative estimate of drug-likeness (QED) is 0.108. The number of phenolic OH excluding ortho intramolecular Hbond substituents is 2. The highest BCUT2D eigenvalue weighted by Crippen LogP contribution is 2.46. The Morgan fingerprint density at radius 3 is 2.14 bits per heavy atom. The van der Waals surface area contributed by atoms with E-state index < -0.39 is 38.5 Å². The Balaban J connectivity index is 1.29. The number of nitrogens with zero attached hydrogens (tertiary/aromatic N) is 3. The molecule has 2 aliphatic rings. The van der Waals surface area contributed by atoms with Crippen LogP contribution in [0.15, 0.2) is 91.1 Å². The lowest BCUT2D eigenvalue weighted by molar-refractivity contribution is -0.0823. The second kappa shape index (κ2) is 15.0. The number of aromatic nitrogens is 1. The average Bonchev–Trinajstić information content (AvgIpc) is 3.09. The number of rotatable bonds is 13. The Hall–Kier alpha value is -3.90. The second-order valence-electron chi connectivity index (χ2n) is 15.1. The van der Waals surface area contributed by atoms with Gasteiger partial charge < -0.3 is 20.0 Å². The maximum Gasteiger partial charge on any atom is 0.282 e. The molecule has 2 atom stereocenters. The molecule has 4 aromatic rings. The Morgan fingerprint density at radius 2 is 1.57 bits per heavy atom. The van der Waals surface area contributed by atoms with Crippen LogP contribution >= 0.6 is 0 Å². The Bertz CT molecular complexity index is 1710. The number of phenols is 2. The molecule has 0 radical (unpaired) electrons. The summed E-state index contributed by atoms with van der Waals surface area (Å²) < 4.78 is 52.5. The van der Waals surface area contributed by atoms with Crippen LogP contribution in [0.2, 0.25) is 5.04 Å². The molecule has 1 saturated heterocycles. The first-order valence-corrected chi connectivity index (χ1v) is 19.7. The summed E-state index contributed by atoms with van der Waals surface area (Å²) >= 11 is 0. The molecule has 0 aliphatic carbocycles. The molecule has 0 spiro atoms. The van der Waals surface area contributed by atoms with Crippen molar-refractivity contribution in [1.82, 2.24) is 14.8 Å². The van der Waals surface area contributed by atoms with Crippen LogP contribution in [-0.2, 0) is 10.8 Å². The van der Waals surface area contributed by atoms with Crippen LogP contribution in [0.25, 0.3) is 0 Å². The smallest absolute Gasteiger partial charge is 0.282 e. The Labute approximate surface area is 300 Å². The van der Waals surface area contributed by atoms with E-state index in [2.05, 4.69) is 31.0 Å². The summed E-state index contributed by atoms with van der Waals surface area (Å²) in [5.74, 6) is -3.92. The Morgan fingerprint density at radius 1 is 0.922 bits per heavy atom. The van der Waals surface area contributed by atoms with Crippen molar-refractivity contribution in [2.45, 2.75) is 69.6 Å². The third-order valence-electron chi connectivity index (χ3n) is 10.3. The molecule has 1 aromatic heterocycles. The molecule has 11 heteroatoms. The van der Waals surface area contributed by atoms with Gasteiger partial charge in [-0.3, -0.25) is 19.2 Å². The normalized spacial score (nSPS) is 19.0. The predicted octanol–water partition coefficient (Wildman–Crippen LogP) is 6.50. The van der Waals surface area contributed by atoms with Gasteiger partial charge in [-0.25, -0.2) is 8.78 Å². The van der Waals surface area contributed by atoms with E-state index in [-0.39, 0.29) is 30.3 Å². The van der Waals surface area contributed by atoms with Crippen LogP contribution in [0.1, 0.15) is 57.0 Å². The maximum atomic E-state index is 16.6. The van der Waals surface area contributed by atoms with Crippen LogP contribution in [0.5, 0.6) is 11.5 Å². The van der Waals surface area contributed by atoms with Crippen molar-refractivity contribution in [2.24, 2.45) is 0 Å². The van der Waals surface area contributed by atoms with Crippen LogP contribution < -0.4 is 15.7 Å². The summed E-state index contributed by atoms with van der Waals surface area (Å²) in [6, 6.07) is 25.3. The lowest BCUT2D eigenvalue weighted by atomic mass is 9.85. The zero-order valence-electron chi connectivity index (χ0n) is 29.8. The first kappa shape index (κ1) is 36.9. The van der Waals surface area contributed by atoms with Gasteiger partial charge in [-0.05, 0) is 58.9 Å². The first-order chi connectivity index (χ1) is 24.3. The molecule has 0 bridgehead atoms. The van der Waals surface area contributed by atoms with Gasteiger partial charge in [0, 0.05) is 31.2 Å². The van der Waals surface area contributed by atoms with Gasteiger partial charge in [-0.15, -0.1) is 0 Å². The van der Waals surface area contributed by atoms with Crippen molar-refractivity contribution in [3.05, 3.63) is 108 Å². The molecule has 0 saturated carbocycles. The lowest BCUT2D eigenvalue weighted by Gasteiger charge is -2.45. The number of aromatic hydroxyl groups is 2. The fourth-order valence-electron chi connectivity index (χ4n) is 7.85. The molecule has 51 heavy (non-hydrogen) atoms. The third-order valence-corrected chi connectivity index (χ3v) is 15.3. The van der Waals surface area contributed by atoms with E-state index in [9.17, 15) is 14.6 Å². The number of halogens is 3. The molecule has 2 aliphatic heterocycles. The standard InChI is InChI=1S/C40H49F3N4O3Si/c1-28-22-29-16-19-35(48)38(49)36(29)37(34-18-17-30(23-44-34)45-31-24-46(25-31)21-11-20-41)47(28)26-40(42,43)27-50-51(39(2,3)4,32-12-7-5-8-13-32)33-14-9-6-10-15-33/h5-10,12-19,23,28,31,37,45,48-49H,11,20-22,24-27H2,1-4H3/t28-,37-/m1/s1. The average molecular weight is 719 g/mol. The minimum absolute atomic E-state index is 0.208. The number of hydrogen-bond donors (Lipinski definition) is 3. The summed E-state index contributed by atoms with van der Waals surface area (Å²) in [7, 11) is -3.24. The zero-order valence-corrected chi connectivity index (χ0v) is 30.8. The molecule has 6 rings (SSSR count). The van der Waals surface area contributed by atoms with Crippen LogP contribution in [0.3, 0.4) is 0 Å². The van der Waals surface area contributed by atoms with Crippen LogP contribution in [0, 0.1) is 0 Å². The largest absolute Gasteiger partial charge is 0.504 e. The number of nitrogens with one attached hydrogen (secondary N) is 1. The first-order valence-electron chi connectivity index (χ1n) is 17.8. The van der Waals surface area contributed by atoms with Crippen molar-refractivity contribution in [1.29, 1.82) is 0 Å². The van der Waals surface area contributed by atoms with E-state index in [4.69, 9.17) is 9.41 Å². The van der Waals surface area contributed by atoms with Crippen molar-refractivity contribution >= 4 is 24.4 Å². The number of hydrogen-bond acceptors (Lipinski definition) is 7. The lowest BCUT2D eigenvalue weighted by Crippen LogP contribution is -2.67. The van der Waals surface area contributed by atoms with Crippen molar-refractivity contribution in [3.63, 3.8) is 0 Å². The number of alkyl halides is 3. The predicted molar refractivity (Wildman–Crippen MR) is 199 cm³/mol. The number of pyridine rings is 1. The molecular formula is C40H49F3N4O3Si. The van der Waals surface area contributed by atoms with Gasteiger partial charge in [-0.2, -0.15) is 0 Å². The number of benzene rings is 3. The van der Waals surface area contributed by atoms with Crippen LogP contribution in [-0.4, -0.2) is 90.8 Å². The van der Waals surface area contributed by atoms with Crippen molar-refractivity contribution in [2.75, 3.05) is 44.8 Å². The number of anilines is 1. The zero-order chi connectivity index (χ0) is 36.4. The highest BCUT2D eigenvalue weighted by atomic mass is 28.4. The molecule has 3 aromatic carbocycles. The maximum absolute atomic E-state index is 16.6. The van der Waals surface area contributed by atoms with Gasteiger partial charge in [0.25, 0.3) is 14.2 Å². The second-order valence-corrected chi connectivity index (χ2v) is 19.4. The highest BCUT2D eigenvalue weighted by Gasteiger charge is 2.52. The van der Waals surface area contributed by atoms with E-state index in [1.54, 1.807) is 23.2 Å². The van der Waals surface area contributed by atoms with Crippen LogP contribution in [0.4, 0.5) is 18.9 Å². The summed E-state index contributed by atoms with van der Waals surface area (Å²) in [6.07, 6.45) is 2.61. The number of likely N-dealkylation sites (tertiary alicyclic amines) is 1. The molecule has 3 heterocycles. The van der Waals surface area contributed by atoms with E-state index >= 15 is 8.78 Å². The Kier molecular flexibility index (Phi) is 10.8. The fraction of sp³-hybridized carbons (Fsp3) is 0.425. The van der Waals surface area contributed by atoms with E-state index in [1.165, 1.54) is 6.07 Å². The van der Waals surface area contributed by atoms with Gasteiger partial charge in [0.1, 0.15) is 0 Å². The molecule has 0 unspecified atom stereocenters. The summed E-state index contributed by atoms with van der Waals surface area (Å²) in [4.78, 5) is 8.60. The SMILES string of the molecule is C[C@@H]1Cc2ccc(O)c(O)c2[C@@H](c2ccc(NC3CN(CCCF)C3)cn2)N1CC(F)(F)CO[Si](c1ccccc1)(c1ccccc1)C(C)(C)C. The van der Waals surface area contributed by atoms with Gasteiger partial charge in [0.2, 0.25) is 0 Å². The monoisotopic (exact) mass is 718 g/mol. The molecular weight excluding hydrogens is 670 g/mol. The highest BCUT2D eigenvalue weighted by molar-refractivity contribution is 6.99. The van der Waals surface area contributed by atoms with E-state index in [0.717, 1.165) is 41.3 Å². The van der Waals surface area contributed by atoms with Crippen molar-refractivity contribution in [3.8, 4) is 11.5 Å². The third kappa shape index (κ3) is 7.67. The number of fused-ring (bicyclic) bond motifs is 1. The van der Waals surface area contributed by atoms with E-state index in [1.807, 2.05) is 73.7 Å². The molecule has 7 nitrogen and oxygen atoms in total. The molecule has 0 amide bonds. The molecule has 3 N–H and O–H groups in total. The van der Waals surface area contributed by atoms with Gasteiger partial charge in [0.05, 0.1) is 49.5 Å². The summed E-state index contributed by atoms with van der Waals surface area (Å²) in [5, 5.41) is 26.6. The summed E-state index contributed by atoms with van der Waals surface area (Å²) in [6.45, 7) is 8.65. The molecule has 272 valence electrons. The van der Waals surface area contributed by atoms with Gasteiger partial charge in [0.15, 0.2) is 11.5 Å². The minimum Gasteiger partial charge on any atom is -0.504 e. The minimum atomic E-state index is -3.29. The fourth-order valence-corrected chi connectivity index (χ4v) is 12.4. The van der Waals surface area contributed by atoms with E-state index in [0.29, 0.717) is 24.1 Å². The van der Waals surface area contributed by atoms with Crippen molar-refractivity contribution < 1.29 is 27.8 Å².